The van der Waals surface area contributed by atoms with Crippen LogP contribution in [-0.4, -0.2) is 54.3 Å². The molecule has 5 heteroatoms. The lowest BCUT2D eigenvalue weighted by Crippen LogP contribution is -2.63. The van der Waals surface area contributed by atoms with Gasteiger partial charge in [0.1, 0.15) is 5.82 Å². The summed E-state index contributed by atoms with van der Waals surface area (Å²) in [5.74, 6) is -0.103. The first-order valence-corrected chi connectivity index (χ1v) is 7.35. The van der Waals surface area contributed by atoms with Gasteiger partial charge in [-0.05, 0) is 23.8 Å². The Bertz CT molecular complexity index is 480. The first kappa shape index (κ1) is 13.2. The summed E-state index contributed by atoms with van der Waals surface area (Å²) in [4.78, 5) is 17.0. The van der Waals surface area contributed by atoms with Crippen LogP contribution in [0.4, 0.5) is 4.39 Å². The van der Waals surface area contributed by atoms with E-state index in [4.69, 9.17) is 0 Å². The summed E-state index contributed by atoms with van der Waals surface area (Å²) in [6.07, 6.45) is 0.311. The number of fused-ring (bicyclic) bond motifs is 3. The molecule has 4 rings (SSSR count). The number of benzene rings is 1. The molecule has 3 saturated heterocycles. The molecule has 102 valence electrons. The summed E-state index contributed by atoms with van der Waals surface area (Å²) >= 11 is 3.26. The fourth-order valence-electron chi connectivity index (χ4n) is 2.96. The average Bonchev–Trinajstić information content (AvgIpc) is 2.38. The highest BCUT2D eigenvalue weighted by molar-refractivity contribution is 9.10. The van der Waals surface area contributed by atoms with E-state index in [9.17, 15) is 9.18 Å². The number of rotatable bonds is 3. The van der Waals surface area contributed by atoms with Crippen LogP contribution in [0.2, 0.25) is 0 Å². The molecule has 0 N–H and O–H groups in total. The number of carbonyl (C=O) groups excluding carboxylic acids is 1. The third-order valence-electron chi connectivity index (χ3n) is 3.95. The maximum Gasteiger partial charge on any atom is 0.155 e. The van der Waals surface area contributed by atoms with E-state index in [1.165, 1.54) is 12.1 Å². The van der Waals surface area contributed by atoms with Crippen molar-refractivity contribution in [3.05, 3.63) is 34.1 Å². The predicted molar refractivity (Wildman–Crippen MR) is 74.6 cm³/mol. The maximum atomic E-state index is 13.3. The normalized spacial score (nSPS) is 29.5. The Morgan fingerprint density at radius 3 is 2.58 bits per heavy atom. The minimum Gasteiger partial charge on any atom is -0.299 e. The van der Waals surface area contributed by atoms with E-state index in [2.05, 4.69) is 25.7 Å². The molecule has 3 heterocycles. The Morgan fingerprint density at radius 1 is 1.26 bits per heavy atom. The lowest BCUT2D eigenvalue weighted by molar-refractivity contribution is -0.128. The van der Waals surface area contributed by atoms with Gasteiger partial charge in [0.05, 0.1) is 6.04 Å². The van der Waals surface area contributed by atoms with Gasteiger partial charge in [0.2, 0.25) is 0 Å². The van der Waals surface area contributed by atoms with Gasteiger partial charge in [-0.3, -0.25) is 14.6 Å². The Labute approximate surface area is 120 Å². The predicted octanol–water partition coefficient (Wildman–Crippen LogP) is 1.70. The van der Waals surface area contributed by atoms with Crippen molar-refractivity contribution in [1.82, 2.24) is 9.80 Å². The summed E-state index contributed by atoms with van der Waals surface area (Å²) in [6.45, 7) is 4.91. The van der Waals surface area contributed by atoms with Gasteiger partial charge < -0.3 is 0 Å². The second kappa shape index (κ2) is 5.31. The van der Waals surface area contributed by atoms with E-state index >= 15 is 0 Å². The molecular formula is C14H16BrFN2O. The van der Waals surface area contributed by atoms with Gasteiger partial charge >= 0.3 is 0 Å². The van der Waals surface area contributed by atoms with Crippen LogP contribution in [0.1, 0.15) is 5.56 Å². The van der Waals surface area contributed by atoms with Gasteiger partial charge in [-0.25, -0.2) is 4.39 Å². The SMILES string of the molecule is O=C(Cc1cc(F)cc(Br)c1)C1CN2CCN1CC2. The van der Waals surface area contributed by atoms with Crippen LogP contribution < -0.4 is 0 Å². The number of carbonyl (C=O) groups is 1. The van der Waals surface area contributed by atoms with Crippen molar-refractivity contribution in [3.63, 3.8) is 0 Å². The van der Waals surface area contributed by atoms with Gasteiger partial charge in [-0.2, -0.15) is 0 Å². The standard InChI is InChI=1S/C14H16BrFN2O/c15-11-5-10(6-12(16)8-11)7-14(19)13-9-17-1-3-18(13)4-2-17/h5-6,8,13H,1-4,7,9H2. The molecule has 0 spiro atoms. The molecule has 19 heavy (non-hydrogen) atoms. The van der Waals surface area contributed by atoms with Crippen molar-refractivity contribution >= 4 is 21.7 Å². The first-order chi connectivity index (χ1) is 9.11. The zero-order valence-corrected chi connectivity index (χ0v) is 12.2. The summed E-state index contributed by atoms with van der Waals surface area (Å²) < 4.78 is 14.0. The van der Waals surface area contributed by atoms with Gasteiger partial charge in [0.25, 0.3) is 0 Å². The molecule has 0 amide bonds. The van der Waals surface area contributed by atoms with E-state index in [-0.39, 0.29) is 17.6 Å². The smallest absolute Gasteiger partial charge is 0.155 e. The molecule has 1 atom stereocenters. The quantitative estimate of drug-likeness (QED) is 0.844. The van der Waals surface area contributed by atoms with Crippen LogP contribution in [0.15, 0.2) is 22.7 Å². The average molecular weight is 327 g/mol. The molecule has 1 aromatic rings. The van der Waals surface area contributed by atoms with Crippen LogP contribution in [0, 0.1) is 5.82 Å². The van der Waals surface area contributed by atoms with Crippen molar-refractivity contribution in [2.24, 2.45) is 0 Å². The number of halogens is 2. The molecule has 1 aromatic carbocycles. The van der Waals surface area contributed by atoms with Crippen molar-refractivity contribution in [3.8, 4) is 0 Å². The van der Waals surface area contributed by atoms with Crippen molar-refractivity contribution in [1.29, 1.82) is 0 Å². The van der Waals surface area contributed by atoms with E-state index in [1.54, 1.807) is 0 Å². The van der Waals surface area contributed by atoms with Crippen molar-refractivity contribution in [2.75, 3.05) is 32.7 Å². The minimum atomic E-state index is -0.300. The molecule has 1 unspecified atom stereocenters. The zero-order chi connectivity index (χ0) is 13.4. The summed E-state index contributed by atoms with van der Waals surface area (Å²) in [5, 5.41) is 0. The Morgan fingerprint density at radius 2 is 2.00 bits per heavy atom. The summed E-state index contributed by atoms with van der Waals surface area (Å²) in [6, 6.07) is 4.66. The highest BCUT2D eigenvalue weighted by Crippen LogP contribution is 2.20. The van der Waals surface area contributed by atoms with Gasteiger partial charge in [-0.15, -0.1) is 0 Å². The van der Waals surface area contributed by atoms with Crippen LogP contribution >= 0.6 is 15.9 Å². The van der Waals surface area contributed by atoms with E-state index < -0.39 is 0 Å². The lowest BCUT2D eigenvalue weighted by atomic mass is 9.98. The van der Waals surface area contributed by atoms with Crippen LogP contribution in [0.25, 0.3) is 0 Å². The largest absolute Gasteiger partial charge is 0.299 e. The molecule has 3 aliphatic heterocycles. The number of nitrogens with zero attached hydrogens (tertiary/aromatic N) is 2. The first-order valence-electron chi connectivity index (χ1n) is 6.56. The lowest BCUT2D eigenvalue weighted by Gasteiger charge is -2.46. The molecule has 0 aromatic heterocycles. The fraction of sp³-hybridized carbons (Fsp3) is 0.500. The highest BCUT2D eigenvalue weighted by atomic mass is 79.9. The second-order valence-corrected chi connectivity index (χ2v) is 6.19. The number of piperazine rings is 3. The van der Waals surface area contributed by atoms with Crippen molar-refractivity contribution < 1.29 is 9.18 Å². The zero-order valence-electron chi connectivity index (χ0n) is 10.6. The van der Waals surface area contributed by atoms with E-state index in [0.717, 1.165) is 38.3 Å². The topological polar surface area (TPSA) is 23.6 Å². The molecule has 0 saturated carbocycles. The molecule has 2 bridgehead atoms. The second-order valence-electron chi connectivity index (χ2n) is 5.27. The monoisotopic (exact) mass is 326 g/mol. The van der Waals surface area contributed by atoms with E-state index in [1.807, 2.05) is 6.07 Å². The van der Waals surface area contributed by atoms with E-state index in [0.29, 0.717) is 10.9 Å². The van der Waals surface area contributed by atoms with Gasteiger partial charge in [-0.1, -0.05) is 15.9 Å². The molecule has 0 radical (unpaired) electrons. The van der Waals surface area contributed by atoms with Crippen LogP contribution in [0.3, 0.4) is 0 Å². The number of hydrogen-bond acceptors (Lipinski definition) is 3. The minimum absolute atomic E-state index is 0.00968. The molecule has 3 aliphatic rings. The molecule has 3 fully saturated rings. The third-order valence-corrected chi connectivity index (χ3v) is 4.41. The number of hydrogen-bond donors (Lipinski definition) is 0. The molecule has 0 aliphatic carbocycles. The summed E-state index contributed by atoms with van der Waals surface area (Å²) in [7, 11) is 0. The highest BCUT2D eigenvalue weighted by Gasteiger charge is 2.35. The van der Waals surface area contributed by atoms with Gasteiger partial charge in [0, 0.05) is 43.6 Å². The molecular weight excluding hydrogens is 311 g/mol. The van der Waals surface area contributed by atoms with Crippen LogP contribution in [0.5, 0.6) is 0 Å². The maximum absolute atomic E-state index is 13.3. The molecule has 3 nitrogen and oxygen atoms in total. The van der Waals surface area contributed by atoms with Crippen LogP contribution in [-0.2, 0) is 11.2 Å². The number of ketones is 1. The third kappa shape index (κ3) is 2.88. The Kier molecular flexibility index (Phi) is 3.69. The van der Waals surface area contributed by atoms with Crippen molar-refractivity contribution in [2.45, 2.75) is 12.5 Å². The van der Waals surface area contributed by atoms with Gasteiger partial charge in [0.15, 0.2) is 5.78 Å². The Balaban J connectivity index is 1.71. The Hall–Kier alpha value is -0.780. The number of Topliss-reactive ketones (excluding diaryl/α,β-unsaturated/α-hetero) is 1. The summed E-state index contributed by atoms with van der Waals surface area (Å²) in [5.41, 5.74) is 0.745. The fourth-order valence-corrected chi connectivity index (χ4v) is 3.47.